The molecule has 4 heteroatoms. The van der Waals surface area contributed by atoms with Crippen LogP contribution < -0.4 is 5.73 Å². The fourth-order valence-electron chi connectivity index (χ4n) is 0.598. The van der Waals surface area contributed by atoms with E-state index in [-0.39, 0.29) is 5.96 Å². The standard InChI is InChI=1S/C5H8N4/c6-2-1-4-3-8-5(7)9-4/h3,7H,1-2,6H2. The summed E-state index contributed by atoms with van der Waals surface area (Å²) >= 11 is 0. The van der Waals surface area contributed by atoms with Crippen LogP contribution in [-0.2, 0) is 0 Å². The van der Waals surface area contributed by atoms with Crippen LogP contribution >= 0.6 is 0 Å². The number of nitrogens with zero attached hydrogens (tertiary/aromatic N) is 2. The third-order valence-corrected chi connectivity index (χ3v) is 0.986. The summed E-state index contributed by atoms with van der Waals surface area (Å²) in [6, 6.07) is 0. The van der Waals surface area contributed by atoms with Gasteiger partial charge in [-0.2, -0.15) is 0 Å². The number of nitrogens with one attached hydrogen (secondary N) is 1. The number of guanidine groups is 1. The molecule has 0 saturated heterocycles. The molecule has 0 saturated carbocycles. The molecule has 9 heavy (non-hydrogen) atoms. The Kier molecular flexibility index (Phi) is 1.69. The Morgan fingerprint density at radius 3 is 2.89 bits per heavy atom. The molecule has 0 unspecified atom stereocenters. The lowest BCUT2D eigenvalue weighted by Crippen LogP contribution is -2.06. The highest BCUT2D eigenvalue weighted by molar-refractivity contribution is 6.37. The van der Waals surface area contributed by atoms with Crippen LogP contribution in [0, 0.1) is 5.41 Å². The molecule has 3 N–H and O–H groups in total. The predicted molar refractivity (Wildman–Crippen MR) is 37.3 cm³/mol. The van der Waals surface area contributed by atoms with Gasteiger partial charge in [0.25, 0.3) is 0 Å². The third-order valence-electron chi connectivity index (χ3n) is 0.986. The van der Waals surface area contributed by atoms with E-state index in [0.29, 0.717) is 13.0 Å². The Labute approximate surface area is 53.0 Å². The quantitative estimate of drug-likeness (QED) is 0.525. The van der Waals surface area contributed by atoms with E-state index in [2.05, 4.69) is 9.98 Å². The van der Waals surface area contributed by atoms with Crippen LogP contribution in [0.15, 0.2) is 9.98 Å². The van der Waals surface area contributed by atoms with Crippen molar-refractivity contribution in [3.8, 4) is 0 Å². The molecule has 0 aromatic rings. The molecule has 1 heterocycles. The monoisotopic (exact) mass is 124 g/mol. The maximum atomic E-state index is 6.93. The predicted octanol–water partition coefficient (Wildman–Crippen LogP) is -0.205. The van der Waals surface area contributed by atoms with E-state index >= 15 is 0 Å². The number of nitrogens with two attached hydrogens (primary N) is 1. The lowest BCUT2D eigenvalue weighted by atomic mass is 10.3. The van der Waals surface area contributed by atoms with Gasteiger partial charge in [0.15, 0.2) is 0 Å². The summed E-state index contributed by atoms with van der Waals surface area (Å²) in [4.78, 5) is 7.41. The van der Waals surface area contributed by atoms with Gasteiger partial charge in [-0.1, -0.05) is 0 Å². The molecule has 0 fully saturated rings. The zero-order valence-electron chi connectivity index (χ0n) is 4.96. The van der Waals surface area contributed by atoms with E-state index in [0.717, 1.165) is 5.71 Å². The minimum atomic E-state index is 0.0819. The first kappa shape index (κ1) is 6.10. The van der Waals surface area contributed by atoms with Gasteiger partial charge in [-0.15, -0.1) is 0 Å². The Morgan fingerprint density at radius 1 is 1.67 bits per heavy atom. The third kappa shape index (κ3) is 1.43. The summed E-state index contributed by atoms with van der Waals surface area (Å²) in [7, 11) is 0. The second kappa shape index (κ2) is 2.50. The molecular weight excluding hydrogens is 116 g/mol. The normalized spacial score (nSPS) is 16.6. The summed E-state index contributed by atoms with van der Waals surface area (Å²) in [5, 5.41) is 6.93. The molecule has 0 amide bonds. The first-order valence-electron chi connectivity index (χ1n) is 2.73. The van der Waals surface area contributed by atoms with E-state index < -0.39 is 0 Å². The molecule has 0 bridgehead atoms. The highest BCUT2D eigenvalue weighted by Crippen LogP contribution is 1.92. The van der Waals surface area contributed by atoms with E-state index in [9.17, 15) is 0 Å². The van der Waals surface area contributed by atoms with Crippen LogP contribution in [0.4, 0.5) is 0 Å². The Hall–Kier alpha value is -1.03. The van der Waals surface area contributed by atoms with Crippen molar-refractivity contribution in [1.29, 1.82) is 5.41 Å². The largest absolute Gasteiger partial charge is 0.330 e. The minimum absolute atomic E-state index is 0.0819. The summed E-state index contributed by atoms with van der Waals surface area (Å²) in [5.74, 6) is 0.0819. The van der Waals surface area contributed by atoms with Gasteiger partial charge in [0.05, 0.1) is 11.9 Å². The molecule has 0 radical (unpaired) electrons. The van der Waals surface area contributed by atoms with Gasteiger partial charge >= 0.3 is 0 Å². The molecule has 1 aliphatic heterocycles. The maximum absolute atomic E-state index is 6.93. The van der Waals surface area contributed by atoms with Crippen LogP contribution in [0.1, 0.15) is 6.42 Å². The summed E-state index contributed by atoms with van der Waals surface area (Å²) < 4.78 is 0. The molecular formula is C5H8N4. The van der Waals surface area contributed by atoms with Crippen LogP contribution in [0.5, 0.6) is 0 Å². The van der Waals surface area contributed by atoms with E-state index in [1.165, 1.54) is 0 Å². The first-order chi connectivity index (χ1) is 4.33. The van der Waals surface area contributed by atoms with Gasteiger partial charge in [-0.05, 0) is 6.54 Å². The molecule has 1 rings (SSSR count). The van der Waals surface area contributed by atoms with Crippen molar-refractivity contribution in [3.05, 3.63) is 0 Å². The fraction of sp³-hybridized carbons (Fsp3) is 0.400. The molecule has 0 atom stereocenters. The zero-order chi connectivity index (χ0) is 6.69. The first-order valence-corrected chi connectivity index (χ1v) is 2.73. The van der Waals surface area contributed by atoms with Crippen LogP contribution in [-0.4, -0.2) is 24.4 Å². The average molecular weight is 124 g/mol. The van der Waals surface area contributed by atoms with Crippen molar-refractivity contribution in [2.75, 3.05) is 6.54 Å². The van der Waals surface area contributed by atoms with Crippen molar-refractivity contribution < 1.29 is 0 Å². The lowest BCUT2D eigenvalue weighted by Gasteiger charge is -1.87. The van der Waals surface area contributed by atoms with Gasteiger partial charge < -0.3 is 5.73 Å². The lowest BCUT2D eigenvalue weighted by molar-refractivity contribution is 1.05. The Balaban J connectivity index is 2.53. The van der Waals surface area contributed by atoms with Gasteiger partial charge in [-0.25, -0.2) is 9.98 Å². The minimum Gasteiger partial charge on any atom is -0.330 e. The van der Waals surface area contributed by atoms with Crippen molar-refractivity contribution in [3.63, 3.8) is 0 Å². The fourth-order valence-corrected chi connectivity index (χ4v) is 0.598. The van der Waals surface area contributed by atoms with Crippen molar-refractivity contribution >= 4 is 17.9 Å². The molecule has 0 spiro atoms. The molecule has 1 aliphatic rings. The van der Waals surface area contributed by atoms with Crippen molar-refractivity contribution in [1.82, 2.24) is 0 Å². The topological polar surface area (TPSA) is 74.6 Å². The van der Waals surface area contributed by atoms with Crippen molar-refractivity contribution in [2.45, 2.75) is 6.42 Å². The van der Waals surface area contributed by atoms with Gasteiger partial charge in [0.1, 0.15) is 0 Å². The molecule has 0 aromatic heterocycles. The SMILES string of the molecule is N=C1N=CC(CCN)=N1. The second-order valence-electron chi connectivity index (χ2n) is 1.72. The Bertz CT molecular complexity index is 179. The van der Waals surface area contributed by atoms with Crippen LogP contribution in [0.25, 0.3) is 0 Å². The van der Waals surface area contributed by atoms with Crippen LogP contribution in [0.3, 0.4) is 0 Å². The van der Waals surface area contributed by atoms with E-state index in [1.54, 1.807) is 6.21 Å². The highest BCUT2D eigenvalue weighted by atomic mass is 15.1. The maximum Gasteiger partial charge on any atom is 0.242 e. The summed E-state index contributed by atoms with van der Waals surface area (Å²) in [6.07, 6.45) is 2.29. The number of rotatable bonds is 2. The summed E-state index contributed by atoms with van der Waals surface area (Å²) in [6.45, 7) is 0.568. The molecule has 4 nitrogen and oxygen atoms in total. The number of hydrogen-bond acceptors (Lipinski definition) is 2. The van der Waals surface area contributed by atoms with Crippen LogP contribution in [0.2, 0.25) is 0 Å². The second-order valence-corrected chi connectivity index (χ2v) is 1.72. The van der Waals surface area contributed by atoms with Crippen molar-refractivity contribution in [2.24, 2.45) is 15.7 Å². The average Bonchev–Trinajstić information content (AvgIpc) is 2.17. The van der Waals surface area contributed by atoms with Gasteiger partial charge in [0.2, 0.25) is 5.96 Å². The summed E-state index contributed by atoms with van der Waals surface area (Å²) in [5.41, 5.74) is 6.05. The molecule has 0 aromatic carbocycles. The van der Waals surface area contributed by atoms with E-state index in [4.69, 9.17) is 11.1 Å². The number of aliphatic imine (C=N–C) groups is 2. The number of hydrogen-bond donors (Lipinski definition) is 2. The van der Waals surface area contributed by atoms with Gasteiger partial charge in [0, 0.05) is 6.42 Å². The smallest absolute Gasteiger partial charge is 0.242 e. The zero-order valence-corrected chi connectivity index (χ0v) is 4.96. The Morgan fingerprint density at radius 2 is 2.44 bits per heavy atom. The van der Waals surface area contributed by atoms with Gasteiger partial charge in [-0.3, -0.25) is 5.41 Å². The molecule has 0 aliphatic carbocycles. The molecule has 48 valence electrons. The van der Waals surface area contributed by atoms with E-state index in [1.807, 2.05) is 0 Å². The highest BCUT2D eigenvalue weighted by Gasteiger charge is 2.02.